The van der Waals surface area contributed by atoms with Crippen LogP contribution in [0.15, 0.2) is 78.9 Å². The molecule has 0 aliphatic carbocycles. The second-order valence-corrected chi connectivity index (χ2v) is 9.44. The molecule has 3 aromatic rings. The number of carbonyl (C=O) groups is 2. The normalized spacial score (nSPS) is 19.9. The molecule has 0 N–H and O–H groups in total. The highest BCUT2D eigenvalue weighted by Gasteiger charge is 2.44. The summed E-state index contributed by atoms with van der Waals surface area (Å²) in [5.74, 6) is -0.474. The molecule has 2 amide bonds. The minimum absolute atomic E-state index is 0.146. The third-order valence-electron chi connectivity index (χ3n) is 6.68. The lowest BCUT2D eigenvalue weighted by atomic mass is 9.96. The Hall–Kier alpha value is -2.70. The Balaban J connectivity index is 1.32. The first kappa shape index (κ1) is 23.1. The van der Waals surface area contributed by atoms with Gasteiger partial charge in [0.1, 0.15) is 0 Å². The van der Waals surface area contributed by atoms with Gasteiger partial charge >= 0.3 is 0 Å². The molecule has 0 unspecified atom stereocenters. The van der Waals surface area contributed by atoms with E-state index in [2.05, 4.69) is 58.3 Å². The first-order chi connectivity index (χ1) is 16.5. The molecule has 2 heterocycles. The minimum atomic E-state index is -0.475. The predicted octanol–water partition coefficient (Wildman–Crippen LogP) is 5.03. The summed E-state index contributed by atoms with van der Waals surface area (Å²) in [6.45, 7) is 3.00. The van der Waals surface area contributed by atoms with Crippen LogP contribution < -0.4 is 4.90 Å². The number of amides is 2. The van der Waals surface area contributed by atoms with Crippen LogP contribution in [0.4, 0.5) is 5.69 Å². The van der Waals surface area contributed by atoms with E-state index in [9.17, 15) is 9.59 Å². The van der Waals surface area contributed by atoms with Gasteiger partial charge in [-0.15, -0.1) is 0 Å². The van der Waals surface area contributed by atoms with Gasteiger partial charge in [0.25, 0.3) is 5.91 Å². The summed E-state index contributed by atoms with van der Waals surface area (Å²) in [6, 6.07) is 25.7. The molecule has 2 fully saturated rings. The Morgan fingerprint density at radius 2 is 1.32 bits per heavy atom. The molecule has 174 valence electrons. The Kier molecular flexibility index (Phi) is 6.70. The number of anilines is 1. The standard InChI is InChI=1S/C27H25Cl2N3O2/c28-21-12-7-13-22(25(21)29)32-24(33)18-23(27(32)34)30-14-16-31(17-15-30)26(19-8-3-1-4-9-19)20-10-5-2-6-11-20/h1-13,23,26H,14-18H2/t23-/m1/s1. The van der Waals surface area contributed by atoms with Gasteiger partial charge in [-0.25, -0.2) is 4.90 Å². The smallest absolute Gasteiger partial charge is 0.251 e. The van der Waals surface area contributed by atoms with Crippen LogP contribution in [0.25, 0.3) is 0 Å². The molecular weight excluding hydrogens is 469 g/mol. The summed E-state index contributed by atoms with van der Waals surface area (Å²) in [5, 5.41) is 0.551. The Morgan fingerprint density at radius 1 is 0.735 bits per heavy atom. The molecule has 2 saturated heterocycles. The Bertz CT molecular complexity index is 1140. The number of hydrogen-bond acceptors (Lipinski definition) is 4. The van der Waals surface area contributed by atoms with Crippen molar-refractivity contribution in [3.8, 4) is 0 Å². The lowest BCUT2D eigenvalue weighted by molar-refractivity contribution is -0.123. The van der Waals surface area contributed by atoms with Crippen molar-refractivity contribution in [3.05, 3.63) is 100 Å². The molecule has 0 aromatic heterocycles. The van der Waals surface area contributed by atoms with E-state index >= 15 is 0 Å². The average Bonchev–Trinajstić information content (AvgIpc) is 3.16. The van der Waals surface area contributed by atoms with Crippen molar-refractivity contribution in [1.82, 2.24) is 9.80 Å². The van der Waals surface area contributed by atoms with Gasteiger partial charge in [0, 0.05) is 26.2 Å². The van der Waals surface area contributed by atoms with E-state index in [0.29, 0.717) is 23.8 Å². The highest BCUT2D eigenvalue weighted by molar-refractivity contribution is 6.44. The van der Waals surface area contributed by atoms with Gasteiger partial charge in [0.2, 0.25) is 5.91 Å². The predicted molar refractivity (Wildman–Crippen MR) is 135 cm³/mol. The van der Waals surface area contributed by atoms with Crippen LogP contribution in [-0.4, -0.2) is 53.8 Å². The van der Waals surface area contributed by atoms with Crippen LogP contribution >= 0.6 is 23.2 Å². The lowest BCUT2D eigenvalue weighted by Gasteiger charge is -2.41. The second-order valence-electron chi connectivity index (χ2n) is 8.66. The molecule has 0 radical (unpaired) electrons. The van der Waals surface area contributed by atoms with E-state index in [-0.39, 0.29) is 29.3 Å². The summed E-state index contributed by atoms with van der Waals surface area (Å²) in [5.41, 5.74) is 2.85. The minimum Gasteiger partial charge on any atom is -0.290 e. The lowest BCUT2D eigenvalue weighted by Crippen LogP contribution is -2.53. The zero-order valence-electron chi connectivity index (χ0n) is 18.6. The summed E-state index contributed by atoms with van der Waals surface area (Å²) >= 11 is 12.4. The number of piperazine rings is 1. The molecule has 0 bridgehead atoms. The first-order valence-corrected chi connectivity index (χ1v) is 12.2. The van der Waals surface area contributed by atoms with Gasteiger partial charge in [-0.05, 0) is 23.3 Å². The topological polar surface area (TPSA) is 43.9 Å². The monoisotopic (exact) mass is 493 g/mol. The molecular formula is C27H25Cl2N3O2. The fraction of sp³-hybridized carbons (Fsp3) is 0.259. The van der Waals surface area contributed by atoms with E-state index in [4.69, 9.17) is 23.2 Å². The number of hydrogen-bond donors (Lipinski definition) is 0. The van der Waals surface area contributed by atoms with Gasteiger partial charge in [0.05, 0.1) is 34.2 Å². The number of carbonyl (C=O) groups excluding carboxylic acids is 2. The van der Waals surface area contributed by atoms with Crippen LogP contribution in [0.1, 0.15) is 23.6 Å². The number of benzene rings is 3. The van der Waals surface area contributed by atoms with Crippen LogP contribution in [0.2, 0.25) is 10.0 Å². The van der Waals surface area contributed by atoms with Crippen LogP contribution in [0.3, 0.4) is 0 Å². The quantitative estimate of drug-likeness (QED) is 0.467. The van der Waals surface area contributed by atoms with Gasteiger partial charge in [-0.3, -0.25) is 19.4 Å². The zero-order chi connectivity index (χ0) is 23.7. The molecule has 5 nitrogen and oxygen atoms in total. The highest BCUT2D eigenvalue weighted by atomic mass is 35.5. The summed E-state index contributed by atoms with van der Waals surface area (Å²) in [4.78, 5) is 31.9. The third kappa shape index (κ3) is 4.37. The molecule has 1 atom stereocenters. The highest BCUT2D eigenvalue weighted by Crippen LogP contribution is 2.36. The molecule has 3 aromatic carbocycles. The van der Waals surface area contributed by atoms with Gasteiger partial charge in [-0.1, -0.05) is 89.9 Å². The van der Waals surface area contributed by atoms with Crippen molar-refractivity contribution < 1.29 is 9.59 Å². The zero-order valence-corrected chi connectivity index (χ0v) is 20.1. The summed E-state index contributed by atoms with van der Waals surface area (Å²) in [7, 11) is 0. The van der Waals surface area contributed by atoms with Gasteiger partial charge in [0.15, 0.2) is 0 Å². The van der Waals surface area contributed by atoms with Crippen molar-refractivity contribution in [3.63, 3.8) is 0 Å². The van der Waals surface area contributed by atoms with Gasteiger partial charge in [-0.2, -0.15) is 0 Å². The molecule has 34 heavy (non-hydrogen) atoms. The summed E-state index contributed by atoms with van der Waals surface area (Å²) < 4.78 is 0. The van der Waals surface area contributed by atoms with E-state index in [1.54, 1.807) is 18.2 Å². The Labute approximate surface area is 209 Å². The fourth-order valence-electron chi connectivity index (χ4n) is 5.01. The first-order valence-electron chi connectivity index (χ1n) is 11.4. The molecule has 7 heteroatoms. The third-order valence-corrected chi connectivity index (χ3v) is 7.49. The van der Waals surface area contributed by atoms with Gasteiger partial charge < -0.3 is 0 Å². The van der Waals surface area contributed by atoms with Crippen LogP contribution in [-0.2, 0) is 9.59 Å². The van der Waals surface area contributed by atoms with Crippen LogP contribution in [0, 0.1) is 0 Å². The van der Waals surface area contributed by atoms with E-state index < -0.39 is 6.04 Å². The van der Waals surface area contributed by atoms with Crippen molar-refractivity contribution >= 4 is 40.7 Å². The maximum atomic E-state index is 13.3. The van der Waals surface area contributed by atoms with Crippen molar-refractivity contribution in [2.45, 2.75) is 18.5 Å². The largest absolute Gasteiger partial charge is 0.290 e. The molecule has 0 spiro atoms. The number of halogens is 2. The number of nitrogens with zero attached hydrogens (tertiary/aromatic N) is 3. The SMILES string of the molecule is O=C1C[C@@H](N2CCN(C(c3ccccc3)c3ccccc3)CC2)C(=O)N1c1cccc(Cl)c1Cl. The second kappa shape index (κ2) is 9.88. The van der Waals surface area contributed by atoms with E-state index in [1.165, 1.54) is 16.0 Å². The van der Waals surface area contributed by atoms with Crippen LogP contribution in [0.5, 0.6) is 0 Å². The molecule has 2 aliphatic rings. The summed E-state index contributed by atoms with van der Waals surface area (Å²) in [6.07, 6.45) is 0.155. The molecule has 2 aliphatic heterocycles. The number of rotatable bonds is 5. The maximum Gasteiger partial charge on any atom is 0.251 e. The van der Waals surface area contributed by atoms with E-state index in [1.807, 2.05) is 12.1 Å². The average molecular weight is 494 g/mol. The molecule has 0 saturated carbocycles. The van der Waals surface area contributed by atoms with E-state index in [0.717, 1.165) is 13.1 Å². The molecule has 5 rings (SSSR count). The van der Waals surface area contributed by atoms with Crippen molar-refractivity contribution in [1.29, 1.82) is 0 Å². The van der Waals surface area contributed by atoms with Crippen molar-refractivity contribution in [2.75, 3.05) is 31.1 Å². The van der Waals surface area contributed by atoms with Crippen molar-refractivity contribution in [2.24, 2.45) is 0 Å². The maximum absolute atomic E-state index is 13.3. The Morgan fingerprint density at radius 3 is 1.91 bits per heavy atom. The fourth-order valence-corrected chi connectivity index (χ4v) is 5.39. The number of imide groups is 1.